The molecule has 0 saturated carbocycles. The van der Waals surface area contributed by atoms with E-state index in [-0.39, 0.29) is 23.4 Å². The number of rotatable bonds is 4. The van der Waals surface area contributed by atoms with E-state index in [9.17, 15) is 18.0 Å². The molecule has 0 aliphatic carbocycles. The molecule has 1 aliphatic rings. The maximum absolute atomic E-state index is 13.8. The fourth-order valence-electron chi connectivity index (χ4n) is 4.47. The zero-order valence-electron chi connectivity index (χ0n) is 20.1. The molecule has 4 rings (SSSR count). The third-order valence-corrected chi connectivity index (χ3v) is 8.70. The molecule has 2 unspecified atom stereocenters. The van der Waals surface area contributed by atoms with Crippen LogP contribution < -0.4 is 11.3 Å². The molecule has 3 aromatic rings. The SMILES string of the molecule is Cc1cc(C)c(C2SC(c3cc(C(F)(F)F)c(N)c(=O)n3Cc3ccc(Cl)cc3Cl)=CC2C)cc1C. The molecule has 0 amide bonds. The van der Waals surface area contributed by atoms with Crippen LogP contribution in [0, 0.1) is 26.7 Å². The molecular formula is C27H25Cl2F3N2OS. The summed E-state index contributed by atoms with van der Waals surface area (Å²) in [6.45, 7) is 8.11. The molecule has 2 heterocycles. The first-order valence-electron chi connectivity index (χ1n) is 11.3. The number of hydrogen-bond donors (Lipinski definition) is 1. The summed E-state index contributed by atoms with van der Waals surface area (Å²) < 4.78 is 42.7. The number of benzene rings is 2. The second-order valence-electron chi connectivity index (χ2n) is 9.20. The number of allylic oxidation sites excluding steroid dienone is 1. The van der Waals surface area contributed by atoms with Crippen molar-refractivity contribution in [2.24, 2.45) is 5.92 Å². The minimum Gasteiger partial charge on any atom is -0.394 e. The van der Waals surface area contributed by atoms with Crippen LogP contribution in [0.4, 0.5) is 18.9 Å². The number of pyridine rings is 1. The van der Waals surface area contributed by atoms with Crippen molar-refractivity contribution in [1.29, 1.82) is 0 Å². The summed E-state index contributed by atoms with van der Waals surface area (Å²) in [5.41, 5.74) is 8.11. The van der Waals surface area contributed by atoms with Gasteiger partial charge in [0.1, 0.15) is 5.69 Å². The largest absolute Gasteiger partial charge is 0.418 e. The highest BCUT2D eigenvalue weighted by atomic mass is 35.5. The first kappa shape index (κ1) is 26.7. The summed E-state index contributed by atoms with van der Waals surface area (Å²) in [6, 6.07) is 10.0. The van der Waals surface area contributed by atoms with E-state index in [2.05, 4.69) is 19.1 Å². The lowest BCUT2D eigenvalue weighted by Crippen LogP contribution is -2.29. The van der Waals surface area contributed by atoms with E-state index in [1.54, 1.807) is 12.1 Å². The van der Waals surface area contributed by atoms with E-state index < -0.39 is 23.0 Å². The van der Waals surface area contributed by atoms with Crippen LogP contribution in [0.5, 0.6) is 0 Å². The lowest BCUT2D eigenvalue weighted by molar-refractivity contribution is -0.137. The van der Waals surface area contributed by atoms with Crippen LogP contribution in [0.25, 0.3) is 4.91 Å². The molecule has 36 heavy (non-hydrogen) atoms. The molecule has 0 spiro atoms. The summed E-state index contributed by atoms with van der Waals surface area (Å²) in [5.74, 6) is 0.0281. The lowest BCUT2D eigenvalue weighted by Gasteiger charge is -2.21. The van der Waals surface area contributed by atoms with Crippen molar-refractivity contribution >= 4 is 45.6 Å². The molecule has 2 atom stereocenters. The minimum absolute atomic E-state index is 0.00568. The predicted molar refractivity (Wildman–Crippen MR) is 144 cm³/mol. The van der Waals surface area contributed by atoms with Gasteiger partial charge in [0, 0.05) is 20.2 Å². The van der Waals surface area contributed by atoms with Gasteiger partial charge in [-0.1, -0.05) is 54.4 Å². The maximum atomic E-state index is 13.8. The van der Waals surface area contributed by atoms with Gasteiger partial charge in [0.15, 0.2) is 0 Å². The number of hydrogen-bond acceptors (Lipinski definition) is 3. The zero-order valence-corrected chi connectivity index (χ0v) is 22.5. The molecule has 3 nitrogen and oxygen atoms in total. The Morgan fingerprint density at radius 2 is 1.69 bits per heavy atom. The number of halogens is 5. The molecule has 2 N–H and O–H groups in total. The highest BCUT2D eigenvalue weighted by Gasteiger charge is 2.37. The monoisotopic (exact) mass is 552 g/mol. The molecule has 1 aliphatic heterocycles. The normalized spacial score (nSPS) is 18.0. The van der Waals surface area contributed by atoms with Crippen LogP contribution in [0.3, 0.4) is 0 Å². The number of nitrogens with two attached hydrogens (primary N) is 1. The fourth-order valence-corrected chi connectivity index (χ4v) is 6.47. The molecule has 1 aromatic heterocycles. The average molecular weight is 553 g/mol. The number of thioether (sulfide) groups is 1. The van der Waals surface area contributed by atoms with E-state index in [1.165, 1.54) is 28.0 Å². The van der Waals surface area contributed by atoms with Gasteiger partial charge in [-0.3, -0.25) is 4.79 Å². The van der Waals surface area contributed by atoms with Gasteiger partial charge in [-0.25, -0.2) is 0 Å². The van der Waals surface area contributed by atoms with Gasteiger partial charge in [-0.2, -0.15) is 13.2 Å². The highest BCUT2D eigenvalue weighted by Crippen LogP contribution is 2.52. The Labute approximate surface area is 222 Å². The zero-order chi connectivity index (χ0) is 26.5. The second-order valence-corrected chi connectivity index (χ2v) is 11.2. The number of alkyl halides is 3. The van der Waals surface area contributed by atoms with E-state index in [1.807, 2.05) is 26.8 Å². The van der Waals surface area contributed by atoms with Crippen LogP contribution in [0.15, 0.2) is 47.3 Å². The first-order valence-corrected chi connectivity index (χ1v) is 12.9. The third kappa shape index (κ3) is 5.06. The summed E-state index contributed by atoms with van der Waals surface area (Å²) in [6.07, 6.45) is -2.84. The average Bonchev–Trinajstić information content (AvgIpc) is 3.16. The number of aromatic nitrogens is 1. The Morgan fingerprint density at radius 3 is 2.33 bits per heavy atom. The van der Waals surface area contributed by atoms with Gasteiger partial charge < -0.3 is 10.3 Å². The number of nitrogen functional groups attached to an aromatic ring is 1. The Kier molecular flexibility index (Phi) is 7.30. The molecular weight excluding hydrogens is 528 g/mol. The van der Waals surface area contributed by atoms with Crippen molar-refractivity contribution in [2.45, 2.75) is 45.7 Å². The van der Waals surface area contributed by atoms with Gasteiger partial charge in [0.25, 0.3) is 5.56 Å². The van der Waals surface area contributed by atoms with Gasteiger partial charge in [0.05, 0.1) is 17.8 Å². The molecule has 0 bridgehead atoms. The van der Waals surface area contributed by atoms with Gasteiger partial charge >= 0.3 is 6.18 Å². The summed E-state index contributed by atoms with van der Waals surface area (Å²) in [7, 11) is 0. The van der Waals surface area contributed by atoms with E-state index in [0.29, 0.717) is 20.5 Å². The van der Waals surface area contributed by atoms with Crippen molar-refractivity contribution in [3.8, 4) is 0 Å². The quantitative estimate of drug-likeness (QED) is 0.354. The number of anilines is 1. The standard InChI is InChI=1S/C27H25Cl2F3N2OS/c1-13-7-15(3)19(8-14(13)2)25-16(4)9-23(36-25)22-11-20(27(30,31)32)24(33)26(35)34(22)12-17-5-6-18(28)10-21(17)29/h5-11,16,25H,12,33H2,1-4H3. The minimum atomic E-state index is -4.77. The Hall–Kier alpha value is -2.35. The first-order chi connectivity index (χ1) is 16.8. The molecule has 0 saturated heterocycles. The van der Waals surface area contributed by atoms with Crippen LogP contribution in [-0.4, -0.2) is 4.57 Å². The second kappa shape index (κ2) is 9.84. The summed E-state index contributed by atoms with van der Waals surface area (Å²) in [5, 5.41) is 0.718. The Morgan fingerprint density at radius 1 is 1.03 bits per heavy atom. The molecule has 0 fully saturated rings. The third-order valence-electron chi connectivity index (χ3n) is 6.57. The number of aryl methyl sites for hydroxylation is 3. The van der Waals surface area contributed by atoms with Crippen molar-refractivity contribution in [3.63, 3.8) is 0 Å². The lowest BCUT2D eigenvalue weighted by atomic mass is 9.93. The predicted octanol–water partition coefficient (Wildman–Crippen LogP) is 8.19. The summed E-state index contributed by atoms with van der Waals surface area (Å²) in [4.78, 5) is 13.8. The van der Waals surface area contributed by atoms with Gasteiger partial charge in [0.2, 0.25) is 0 Å². The van der Waals surface area contributed by atoms with E-state index >= 15 is 0 Å². The van der Waals surface area contributed by atoms with Crippen LogP contribution in [-0.2, 0) is 12.7 Å². The van der Waals surface area contributed by atoms with Crippen molar-refractivity contribution in [2.75, 3.05) is 5.73 Å². The van der Waals surface area contributed by atoms with Crippen LogP contribution in [0.1, 0.15) is 51.2 Å². The van der Waals surface area contributed by atoms with Crippen molar-refractivity contribution in [1.82, 2.24) is 4.57 Å². The van der Waals surface area contributed by atoms with Gasteiger partial charge in [-0.15, -0.1) is 11.8 Å². The van der Waals surface area contributed by atoms with Gasteiger partial charge in [-0.05, 0) is 72.7 Å². The number of nitrogens with zero attached hydrogens (tertiary/aromatic N) is 1. The topological polar surface area (TPSA) is 48.0 Å². The van der Waals surface area contributed by atoms with Crippen LogP contribution in [0.2, 0.25) is 10.0 Å². The molecule has 9 heteroatoms. The summed E-state index contributed by atoms with van der Waals surface area (Å²) >= 11 is 13.8. The van der Waals surface area contributed by atoms with Crippen molar-refractivity contribution in [3.05, 3.63) is 102 Å². The fraction of sp³-hybridized carbons (Fsp3) is 0.296. The Balaban J connectivity index is 1.85. The van der Waals surface area contributed by atoms with E-state index in [4.69, 9.17) is 28.9 Å². The molecule has 190 valence electrons. The molecule has 0 radical (unpaired) electrons. The molecule has 2 aromatic carbocycles. The van der Waals surface area contributed by atoms with Crippen LogP contribution >= 0.6 is 35.0 Å². The van der Waals surface area contributed by atoms with Crippen molar-refractivity contribution < 1.29 is 13.2 Å². The highest BCUT2D eigenvalue weighted by molar-refractivity contribution is 8.08. The smallest absolute Gasteiger partial charge is 0.394 e. The maximum Gasteiger partial charge on any atom is 0.418 e. The van der Waals surface area contributed by atoms with E-state index in [0.717, 1.165) is 22.8 Å². The Bertz CT molecular complexity index is 1450.